The molecule has 0 bridgehead atoms. The van der Waals surface area contributed by atoms with Crippen LogP contribution in [0.2, 0.25) is 5.02 Å². The molecule has 1 aromatic heterocycles. The van der Waals surface area contributed by atoms with Crippen LogP contribution in [0.15, 0.2) is 18.2 Å². The topological polar surface area (TPSA) is 71.2 Å². The Morgan fingerprint density at radius 2 is 2.29 bits per heavy atom. The third kappa shape index (κ3) is 3.78. The van der Waals surface area contributed by atoms with Crippen molar-refractivity contribution in [3.05, 3.63) is 31.7 Å². The van der Waals surface area contributed by atoms with Crippen molar-refractivity contribution >= 4 is 68.1 Å². The van der Waals surface area contributed by atoms with Crippen molar-refractivity contribution < 1.29 is 4.79 Å². The van der Waals surface area contributed by atoms with E-state index in [2.05, 4.69) is 32.9 Å². The van der Waals surface area contributed by atoms with Crippen molar-refractivity contribution in [3.63, 3.8) is 0 Å². The molecule has 8 heteroatoms. The van der Waals surface area contributed by atoms with E-state index in [1.54, 1.807) is 12.1 Å². The number of benzene rings is 1. The molecule has 1 aromatic carbocycles. The Balaban J connectivity index is 2.22. The van der Waals surface area contributed by atoms with Crippen molar-refractivity contribution in [3.8, 4) is 0 Å². The highest BCUT2D eigenvalue weighted by Gasteiger charge is 2.18. The zero-order valence-electron chi connectivity index (χ0n) is 11.5. The standard InChI is InChI=1S/C13H14ClIN4OS/c1-3-19(2)13-18-11(16)10(21-13)12(20)17-9-5-4-7(15)6-8(9)14/h4-6H,3,16H2,1-2H3,(H,17,20). The van der Waals surface area contributed by atoms with Gasteiger partial charge in [-0.3, -0.25) is 4.79 Å². The zero-order valence-corrected chi connectivity index (χ0v) is 15.2. The number of rotatable bonds is 4. The number of aromatic nitrogens is 1. The minimum absolute atomic E-state index is 0.231. The van der Waals surface area contributed by atoms with Crippen molar-refractivity contribution in [1.82, 2.24) is 4.98 Å². The van der Waals surface area contributed by atoms with E-state index in [4.69, 9.17) is 17.3 Å². The maximum absolute atomic E-state index is 12.3. The molecule has 0 unspecified atom stereocenters. The van der Waals surface area contributed by atoms with Gasteiger partial charge < -0.3 is 16.0 Å². The van der Waals surface area contributed by atoms with E-state index in [-0.39, 0.29) is 11.7 Å². The summed E-state index contributed by atoms with van der Waals surface area (Å²) in [5.41, 5.74) is 6.38. The molecule has 0 fully saturated rings. The first-order valence-corrected chi connectivity index (χ1v) is 8.43. The van der Waals surface area contributed by atoms with Gasteiger partial charge in [0.05, 0.1) is 10.7 Å². The van der Waals surface area contributed by atoms with E-state index in [1.165, 1.54) is 11.3 Å². The first-order chi connectivity index (χ1) is 9.92. The Kier molecular flexibility index (Phi) is 5.28. The molecule has 0 aliphatic carbocycles. The molecule has 1 heterocycles. The number of carbonyl (C=O) groups excluding carboxylic acids is 1. The minimum atomic E-state index is -0.302. The van der Waals surface area contributed by atoms with Crippen LogP contribution in [0.25, 0.3) is 0 Å². The molecule has 0 saturated carbocycles. The minimum Gasteiger partial charge on any atom is -0.382 e. The SMILES string of the molecule is CCN(C)c1nc(N)c(C(=O)Nc2ccc(I)cc2Cl)s1. The van der Waals surface area contributed by atoms with Gasteiger partial charge in [-0.25, -0.2) is 4.98 Å². The molecule has 21 heavy (non-hydrogen) atoms. The van der Waals surface area contributed by atoms with Gasteiger partial charge in [0.15, 0.2) is 5.13 Å². The molecule has 2 aromatic rings. The van der Waals surface area contributed by atoms with E-state index in [9.17, 15) is 4.79 Å². The number of anilines is 3. The Bertz CT molecular complexity index is 676. The molecule has 0 atom stereocenters. The lowest BCUT2D eigenvalue weighted by Gasteiger charge is -2.11. The molecule has 3 N–H and O–H groups in total. The number of hydrogen-bond acceptors (Lipinski definition) is 5. The Morgan fingerprint density at radius 1 is 1.57 bits per heavy atom. The number of nitrogens with one attached hydrogen (secondary N) is 1. The lowest BCUT2D eigenvalue weighted by atomic mass is 10.3. The zero-order chi connectivity index (χ0) is 15.6. The van der Waals surface area contributed by atoms with E-state index < -0.39 is 0 Å². The summed E-state index contributed by atoms with van der Waals surface area (Å²) in [6.45, 7) is 2.79. The Labute approximate surface area is 145 Å². The van der Waals surface area contributed by atoms with Gasteiger partial charge in [0.2, 0.25) is 0 Å². The number of carbonyl (C=O) groups is 1. The summed E-state index contributed by atoms with van der Waals surface area (Å²) in [7, 11) is 1.90. The average Bonchev–Trinajstić information content (AvgIpc) is 2.83. The maximum atomic E-state index is 12.3. The molecule has 112 valence electrons. The van der Waals surface area contributed by atoms with Gasteiger partial charge in [0.1, 0.15) is 10.7 Å². The molecule has 0 aliphatic rings. The molecule has 0 spiro atoms. The van der Waals surface area contributed by atoms with Crippen LogP contribution in [0.5, 0.6) is 0 Å². The number of hydrogen-bond donors (Lipinski definition) is 2. The highest BCUT2D eigenvalue weighted by Crippen LogP contribution is 2.29. The molecule has 2 rings (SSSR count). The second kappa shape index (κ2) is 6.80. The highest BCUT2D eigenvalue weighted by atomic mass is 127. The Morgan fingerprint density at radius 3 is 2.90 bits per heavy atom. The van der Waals surface area contributed by atoms with Crippen molar-refractivity contribution in [1.29, 1.82) is 0 Å². The molecule has 0 aliphatic heterocycles. The fourth-order valence-electron chi connectivity index (χ4n) is 1.55. The molecular weight excluding hydrogens is 423 g/mol. The number of nitrogen functional groups attached to an aromatic ring is 1. The van der Waals surface area contributed by atoms with Crippen molar-refractivity contribution in [2.75, 3.05) is 29.5 Å². The van der Waals surface area contributed by atoms with Gasteiger partial charge >= 0.3 is 0 Å². The number of halogens is 2. The van der Waals surface area contributed by atoms with Gasteiger partial charge in [-0.1, -0.05) is 22.9 Å². The van der Waals surface area contributed by atoms with Crippen LogP contribution >= 0.6 is 45.5 Å². The van der Waals surface area contributed by atoms with Crippen LogP contribution in [0.4, 0.5) is 16.6 Å². The van der Waals surface area contributed by atoms with Crippen LogP contribution < -0.4 is 16.0 Å². The van der Waals surface area contributed by atoms with Gasteiger partial charge in [-0.2, -0.15) is 0 Å². The number of nitrogens with two attached hydrogens (primary N) is 1. The summed E-state index contributed by atoms with van der Waals surface area (Å²) >= 11 is 9.53. The summed E-state index contributed by atoms with van der Waals surface area (Å²) in [6.07, 6.45) is 0. The van der Waals surface area contributed by atoms with E-state index in [1.807, 2.05) is 24.9 Å². The fraction of sp³-hybridized carbons (Fsp3) is 0.231. The van der Waals surface area contributed by atoms with E-state index >= 15 is 0 Å². The third-order valence-corrected chi connectivity index (χ3v) is 5.00. The molecule has 1 amide bonds. The molecule has 0 saturated heterocycles. The summed E-state index contributed by atoms with van der Waals surface area (Å²) in [4.78, 5) is 18.8. The van der Waals surface area contributed by atoms with Crippen molar-refractivity contribution in [2.45, 2.75) is 6.92 Å². The summed E-state index contributed by atoms with van der Waals surface area (Å²) in [5.74, 6) is -0.0710. The van der Waals surface area contributed by atoms with Crippen LogP contribution in [-0.4, -0.2) is 24.5 Å². The molecular formula is C13H14ClIN4OS. The molecule has 5 nitrogen and oxygen atoms in total. The molecule has 0 radical (unpaired) electrons. The maximum Gasteiger partial charge on any atom is 0.269 e. The highest BCUT2D eigenvalue weighted by molar-refractivity contribution is 14.1. The first-order valence-electron chi connectivity index (χ1n) is 6.16. The van der Waals surface area contributed by atoms with Crippen molar-refractivity contribution in [2.24, 2.45) is 0 Å². The van der Waals surface area contributed by atoms with E-state index in [0.29, 0.717) is 20.7 Å². The smallest absolute Gasteiger partial charge is 0.269 e. The summed E-state index contributed by atoms with van der Waals surface area (Å²) in [6, 6.07) is 5.41. The van der Waals surface area contributed by atoms with Gasteiger partial charge in [-0.05, 0) is 47.7 Å². The quantitative estimate of drug-likeness (QED) is 0.717. The summed E-state index contributed by atoms with van der Waals surface area (Å²) in [5, 5.41) is 3.97. The number of thiazole rings is 1. The summed E-state index contributed by atoms with van der Waals surface area (Å²) < 4.78 is 1.000. The largest absolute Gasteiger partial charge is 0.382 e. The lowest BCUT2D eigenvalue weighted by molar-refractivity contribution is 0.103. The third-order valence-electron chi connectivity index (χ3n) is 2.83. The predicted molar refractivity (Wildman–Crippen MR) is 97.6 cm³/mol. The van der Waals surface area contributed by atoms with Crippen LogP contribution in [-0.2, 0) is 0 Å². The first kappa shape index (κ1) is 16.3. The average molecular weight is 437 g/mol. The normalized spacial score (nSPS) is 10.5. The van der Waals surface area contributed by atoms with Crippen LogP contribution in [0.3, 0.4) is 0 Å². The van der Waals surface area contributed by atoms with Crippen LogP contribution in [0, 0.1) is 3.57 Å². The second-order valence-corrected chi connectivity index (χ2v) is 6.93. The number of nitrogens with zero attached hydrogens (tertiary/aromatic N) is 2. The van der Waals surface area contributed by atoms with Gasteiger partial charge in [0, 0.05) is 17.2 Å². The van der Waals surface area contributed by atoms with E-state index in [0.717, 1.165) is 10.1 Å². The Hall–Kier alpha value is -1.06. The second-order valence-electron chi connectivity index (χ2n) is 4.30. The fourth-order valence-corrected chi connectivity index (χ4v) is 3.36. The predicted octanol–water partition coefficient (Wildman–Crippen LogP) is 3.69. The van der Waals surface area contributed by atoms with Gasteiger partial charge in [-0.15, -0.1) is 0 Å². The van der Waals surface area contributed by atoms with Gasteiger partial charge in [0.25, 0.3) is 5.91 Å². The van der Waals surface area contributed by atoms with Crippen LogP contribution in [0.1, 0.15) is 16.6 Å². The lowest BCUT2D eigenvalue weighted by Crippen LogP contribution is -2.15. The monoisotopic (exact) mass is 436 g/mol. The number of amides is 1.